The summed E-state index contributed by atoms with van der Waals surface area (Å²) in [6.45, 7) is 4.98. The number of amides is 1. The van der Waals surface area contributed by atoms with Gasteiger partial charge >= 0.3 is 0 Å². The van der Waals surface area contributed by atoms with Crippen molar-refractivity contribution in [3.05, 3.63) is 53.6 Å². The van der Waals surface area contributed by atoms with Crippen molar-refractivity contribution in [2.75, 3.05) is 33.9 Å². The van der Waals surface area contributed by atoms with E-state index >= 15 is 0 Å². The van der Waals surface area contributed by atoms with E-state index in [1.54, 1.807) is 14.2 Å². The number of piperazine rings is 1. The molecule has 7 nitrogen and oxygen atoms in total. The van der Waals surface area contributed by atoms with Crippen molar-refractivity contribution >= 4 is 5.91 Å². The lowest BCUT2D eigenvalue weighted by atomic mass is 10.0. The fraction of sp³-hybridized carbons (Fsp3) is 0.517. The molecular formula is C29H37N3O4. The molecule has 0 N–H and O–H groups in total. The van der Waals surface area contributed by atoms with Crippen molar-refractivity contribution in [2.45, 2.75) is 63.6 Å². The number of rotatable bonds is 11. The third kappa shape index (κ3) is 5.93. The van der Waals surface area contributed by atoms with Crippen LogP contribution in [0.1, 0.15) is 62.7 Å². The van der Waals surface area contributed by atoms with Crippen LogP contribution >= 0.6 is 0 Å². The summed E-state index contributed by atoms with van der Waals surface area (Å²) in [5.74, 6) is 2.32. The number of nitriles is 1. The Kier molecular flexibility index (Phi) is 8.71. The first-order valence-corrected chi connectivity index (χ1v) is 13.0. The number of likely N-dealkylation sites (tertiary alicyclic amines) is 1. The number of hydrogen-bond acceptors (Lipinski definition) is 6. The molecule has 2 aliphatic rings. The van der Waals surface area contributed by atoms with E-state index in [4.69, 9.17) is 14.2 Å². The fourth-order valence-corrected chi connectivity index (χ4v) is 5.54. The highest BCUT2D eigenvalue weighted by atomic mass is 16.5. The Morgan fingerprint density at radius 3 is 2.36 bits per heavy atom. The average molecular weight is 492 g/mol. The number of hydrogen-bond donors (Lipinski definition) is 0. The summed E-state index contributed by atoms with van der Waals surface area (Å²) in [7, 11) is 3.23. The van der Waals surface area contributed by atoms with Crippen molar-refractivity contribution in [3.8, 4) is 23.3 Å². The Bertz CT molecular complexity index is 1050. The van der Waals surface area contributed by atoms with Gasteiger partial charge in [0.05, 0.1) is 25.9 Å². The van der Waals surface area contributed by atoms with Crippen molar-refractivity contribution < 1.29 is 19.0 Å². The second-order valence-corrected chi connectivity index (χ2v) is 9.69. The van der Waals surface area contributed by atoms with E-state index in [0.717, 1.165) is 57.3 Å². The van der Waals surface area contributed by atoms with Crippen LogP contribution in [0.4, 0.5) is 0 Å². The van der Waals surface area contributed by atoms with Gasteiger partial charge in [0.15, 0.2) is 11.5 Å². The molecule has 2 fully saturated rings. The van der Waals surface area contributed by atoms with Crippen LogP contribution in [0.15, 0.2) is 42.5 Å². The van der Waals surface area contributed by atoms with E-state index in [9.17, 15) is 10.1 Å². The smallest absolute Gasteiger partial charge is 0.223 e. The zero-order valence-corrected chi connectivity index (χ0v) is 21.6. The van der Waals surface area contributed by atoms with E-state index in [-0.39, 0.29) is 6.10 Å². The van der Waals surface area contributed by atoms with Gasteiger partial charge in [-0.05, 0) is 68.5 Å². The number of carbonyl (C=O) groups is 1. The molecule has 2 saturated heterocycles. The van der Waals surface area contributed by atoms with Gasteiger partial charge in [0.1, 0.15) is 11.9 Å². The highest BCUT2D eigenvalue weighted by Crippen LogP contribution is 2.35. The second kappa shape index (κ2) is 12.1. The number of nitrogens with zero attached hydrogens (tertiary/aromatic N) is 3. The molecule has 0 aliphatic carbocycles. The van der Waals surface area contributed by atoms with Gasteiger partial charge in [-0.1, -0.05) is 19.1 Å². The lowest BCUT2D eigenvalue weighted by molar-refractivity contribution is -0.137. The zero-order chi connectivity index (χ0) is 25.5. The van der Waals surface area contributed by atoms with Gasteiger partial charge in [-0.25, -0.2) is 0 Å². The summed E-state index contributed by atoms with van der Waals surface area (Å²) in [5, 5.41) is 9.19. The first-order chi connectivity index (χ1) is 17.6. The first-order valence-electron chi connectivity index (χ1n) is 13.0. The predicted molar refractivity (Wildman–Crippen MR) is 138 cm³/mol. The lowest BCUT2D eigenvalue weighted by Gasteiger charge is -2.41. The molecule has 2 bridgehead atoms. The quantitative estimate of drug-likeness (QED) is 0.443. The van der Waals surface area contributed by atoms with Crippen LogP contribution in [0.5, 0.6) is 17.2 Å². The van der Waals surface area contributed by atoms with Gasteiger partial charge in [0.25, 0.3) is 0 Å². The Balaban J connectivity index is 1.40. The standard InChI is InChI=1S/C29H37N3O4/c1-4-6-29(33)32-23-12-13-24(32)20-31(19-23)16-5-7-26(22-10-8-21(18-30)9-11-22)36-25-14-15-27(34-2)28(17-25)35-3/h8-11,14-15,17,23-24,26H,4-7,12-13,16,19-20H2,1-3H3. The molecule has 36 heavy (non-hydrogen) atoms. The number of carbonyl (C=O) groups excluding carboxylic acids is 1. The first kappa shape index (κ1) is 25.8. The summed E-state index contributed by atoms with van der Waals surface area (Å²) in [6, 6.07) is 16.1. The molecule has 2 aromatic rings. The van der Waals surface area contributed by atoms with Gasteiger partial charge in [0, 0.05) is 37.7 Å². The van der Waals surface area contributed by atoms with Crippen LogP contribution < -0.4 is 14.2 Å². The summed E-state index contributed by atoms with van der Waals surface area (Å²) >= 11 is 0. The van der Waals surface area contributed by atoms with Crippen molar-refractivity contribution in [1.29, 1.82) is 5.26 Å². The number of ether oxygens (including phenoxy) is 3. The Morgan fingerprint density at radius 2 is 1.75 bits per heavy atom. The molecule has 0 spiro atoms. The van der Waals surface area contributed by atoms with Gasteiger partial charge in [-0.3, -0.25) is 9.69 Å². The van der Waals surface area contributed by atoms with Crippen LogP contribution in [0, 0.1) is 11.3 Å². The maximum Gasteiger partial charge on any atom is 0.223 e. The summed E-state index contributed by atoms with van der Waals surface area (Å²) in [6.07, 6.45) is 5.46. The highest BCUT2D eigenvalue weighted by Gasteiger charge is 2.41. The lowest BCUT2D eigenvalue weighted by Crippen LogP contribution is -2.55. The topological polar surface area (TPSA) is 75.0 Å². The number of fused-ring (bicyclic) bond motifs is 2. The number of benzene rings is 2. The molecule has 2 aromatic carbocycles. The van der Waals surface area contributed by atoms with Crippen molar-refractivity contribution in [2.24, 2.45) is 0 Å². The molecule has 0 saturated carbocycles. The molecule has 4 rings (SSSR count). The molecule has 3 unspecified atom stereocenters. The third-order valence-electron chi connectivity index (χ3n) is 7.30. The van der Waals surface area contributed by atoms with Crippen LogP contribution in [-0.2, 0) is 4.79 Å². The van der Waals surface area contributed by atoms with Gasteiger partial charge in [-0.15, -0.1) is 0 Å². The van der Waals surface area contributed by atoms with E-state index in [0.29, 0.717) is 47.2 Å². The fourth-order valence-electron chi connectivity index (χ4n) is 5.54. The van der Waals surface area contributed by atoms with Crippen LogP contribution in [0.2, 0.25) is 0 Å². The van der Waals surface area contributed by atoms with Gasteiger partial charge in [-0.2, -0.15) is 5.26 Å². The van der Waals surface area contributed by atoms with E-state index in [1.807, 2.05) is 42.5 Å². The van der Waals surface area contributed by atoms with E-state index in [1.165, 1.54) is 0 Å². The Hall–Kier alpha value is -3.24. The monoisotopic (exact) mass is 491 g/mol. The minimum Gasteiger partial charge on any atom is -0.493 e. The van der Waals surface area contributed by atoms with Gasteiger partial charge < -0.3 is 19.1 Å². The predicted octanol–water partition coefficient (Wildman–Crippen LogP) is 4.95. The molecule has 2 aliphatic heterocycles. The highest BCUT2D eigenvalue weighted by molar-refractivity contribution is 5.77. The molecule has 2 heterocycles. The molecular weight excluding hydrogens is 454 g/mol. The maximum atomic E-state index is 12.6. The van der Waals surface area contributed by atoms with Crippen LogP contribution in [0.3, 0.4) is 0 Å². The zero-order valence-electron chi connectivity index (χ0n) is 21.6. The Labute approximate surface area is 214 Å². The summed E-state index contributed by atoms with van der Waals surface area (Å²) in [4.78, 5) is 17.3. The summed E-state index contributed by atoms with van der Waals surface area (Å²) in [5.41, 5.74) is 1.67. The molecule has 1 amide bonds. The Morgan fingerprint density at radius 1 is 1.06 bits per heavy atom. The van der Waals surface area contributed by atoms with Gasteiger partial charge in [0.2, 0.25) is 5.91 Å². The van der Waals surface area contributed by atoms with E-state index < -0.39 is 0 Å². The molecule has 7 heteroatoms. The van der Waals surface area contributed by atoms with Crippen LogP contribution in [0.25, 0.3) is 0 Å². The second-order valence-electron chi connectivity index (χ2n) is 9.69. The van der Waals surface area contributed by atoms with Crippen molar-refractivity contribution in [3.63, 3.8) is 0 Å². The SMILES string of the molecule is CCCC(=O)N1C2CCC1CN(CCCC(Oc1ccc(OC)c(OC)c1)c1ccc(C#N)cc1)C2. The van der Waals surface area contributed by atoms with Crippen LogP contribution in [-0.4, -0.2) is 61.6 Å². The minimum absolute atomic E-state index is 0.153. The molecule has 0 aromatic heterocycles. The molecule has 192 valence electrons. The minimum atomic E-state index is -0.153. The normalized spacial score (nSPS) is 20.0. The van der Waals surface area contributed by atoms with Crippen molar-refractivity contribution in [1.82, 2.24) is 9.80 Å². The third-order valence-corrected chi connectivity index (χ3v) is 7.30. The summed E-state index contributed by atoms with van der Waals surface area (Å²) < 4.78 is 17.2. The van der Waals surface area contributed by atoms with E-state index in [2.05, 4.69) is 22.8 Å². The maximum absolute atomic E-state index is 12.6. The largest absolute Gasteiger partial charge is 0.493 e. The average Bonchev–Trinajstić information content (AvgIpc) is 3.18. The molecule has 3 atom stereocenters. The number of methoxy groups -OCH3 is 2. The molecule has 0 radical (unpaired) electrons.